The second kappa shape index (κ2) is 6.68. The Labute approximate surface area is 146 Å². The monoisotopic (exact) mass is 364 g/mol. The molecule has 8 heteroatoms. The summed E-state index contributed by atoms with van der Waals surface area (Å²) in [5, 5.41) is 10.3. The van der Waals surface area contributed by atoms with Crippen molar-refractivity contribution in [3.8, 4) is 22.4 Å². The van der Waals surface area contributed by atoms with Crippen molar-refractivity contribution >= 4 is 17.8 Å². The van der Waals surface area contributed by atoms with E-state index in [0.717, 1.165) is 11.6 Å². The summed E-state index contributed by atoms with van der Waals surface area (Å²) < 4.78 is 39.0. The standard InChI is InChI=1S/C17H12ClF3N4/c1-22-9-15-16(24-25-23-15)11-4-2-10(3-5-11)12-6-7-14(18)13(8-12)17(19,20)21/h2-9H,1H3,(H,23,24,25). The van der Waals surface area contributed by atoms with Crippen LogP contribution in [0.3, 0.4) is 0 Å². The first-order valence-electron chi connectivity index (χ1n) is 7.20. The highest BCUT2D eigenvalue weighted by atomic mass is 35.5. The number of nitrogens with zero attached hydrogens (tertiary/aromatic N) is 3. The zero-order valence-corrected chi connectivity index (χ0v) is 13.7. The minimum Gasteiger partial charge on any atom is -0.294 e. The van der Waals surface area contributed by atoms with Crippen LogP contribution in [0.25, 0.3) is 22.4 Å². The van der Waals surface area contributed by atoms with Gasteiger partial charge in [0, 0.05) is 12.6 Å². The molecule has 3 rings (SSSR count). The van der Waals surface area contributed by atoms with Gasteiger partial charge in [-0.05, 0) is 23.3 Å². The van der Waals surface area contributed by atoms with E-state index in [0.29, 0.717) is 22.5 Å². The third-order valence-corrected chi connectivity index (χ3v) is 3.92. The zero-order chi connectivity index (χ0) is 18.0. The van der Waals surface area contributed by atoms with Gasteiger partial charge in [0.2, 0.25) is 0 Å². The molecule has 1 aromatic heterocycles. The second-order valence-corrected chi connectivity index (χ2v) is 5.62. The topological polar surface area (TPSA) is 53.9 Å². The summed E-state index contributed by atoms with van der Waals surface area (Å²) in [6.07, 6.45) is -2.93. The first-order valence-corrected chi connectivity index (χ1v) is 7.58. The van der Waals surface area contributed by atoms with Crippen LogP contribution < -0.4 is 0 Å². The first kappa shape index (κ1) is 17.2. The maximum absolute atomic E-state index is 13.0. The molecule has 0 saturated carbocycles. The van der Waals surface area contributed by atoms with Crippen molar-refractivity contribution in [2.24, 2.45) is 4.99 Å². The summed E-state index contributed by atoms with van der Waals surface area (Å²) in [6, 6.07) is 10.8. The maximum Gasteiger partial charge on any atom is 0.417 e. The fraction of sp³-hybridized carbons (Fsp3) is 0.118. The number of alkyl halides is 3. The van der Waals surface area contributed by atoms with Crippen LogP contribution in [0.1, 0.15) is 11.3 Å². The van der Waals surface area contributed by atoms with Gasteiger partial charge in [0.05, 0.1) is 16.8 Å². The number of halogens is 4. The molecule has 0 bridgehead atoms. The lowest BCUT2D eigenvalue weighted by Crippen LogP contribution is -2.05. The van der Waals surface area contributed by atoms with E-state index in [2.05, 4.69) is 20.4 Å². The van der Waals surface area contributed by atoms with Crippen LogP contribution in [0.15, 0.2) is 47.5 Å². The molecular weight excluding hydrogens is 353 g/mol. The first-order chi connectivity index (χ1) is 11.9. The smallest absolute Gasteiger partial charge is 0.294 e. The highest BCUT2D eigenvalue weighted by Gasteiger charge is 2.33. The van der Waals surface area contributed by atoms with E-state index >= 15 is 0 Å². The van der Waals surface area contributed by atoms with Crippen LogP contribution in [0.4, 0.5) is 13.2 Å². The van der Waals surface area contributed by atoms with Gasteiger partial charge >= 0.3 is 6.18 Å². The van der Waals surface area contributed by atoms with Gasteiger partial charge < -0.3 is 0 Å². The Morgan fingerprint density at radius 2 is 1.64 bits per heavy atom. The molecular formula is C17H12ClF3N4. The molecule has 25 heavy (non-hydrogen) atoms. The predicted molar refractivity (Wildman–Crippen MR) is 90.8 cm³/mol. The van der Waals surface area contributed by atoms with Crippen molar-refractivity contribution in [2.45, 2.75) is 6.18 Å². The molecule has 0 amide bonds. The molecule has 1 N–H and O–H groups in total. The minimum atomic E-state index is -4.50. The summed E-state index contributed by atoms with van der Waals surface area (Å²) in [7, 11) is 1.63. The lowest BCUT2D eigenvalue weighted by atomic mass is 10.0. The summed E-state index contributed by atoms with van der Waals surface area (Å²) in [6.45, 7) is 0. The number of aromatic nitrogens is 3. The molecule has 1 heterocycles. The summed E-state index contributed by atoms with van der Waals surface area (Å²) in [5.74, 6) is 0. The average Bonchev–Trinajstić information content (AvgIpc) is 3.03. The molecule has 0 fully saturated rings. The fourth-order valence-corrected chi connectivity index (χ4v) is 2.63. The molecule has 128 valence electrons. The Morgan fingerprint density at radius 1 is 1.00 bits per heavy atom. The molecule has 0 saturated heterocycles. The van der Waals surface area contributed by atoms with Crippen LogP contribution in [0, 0.1) is 0 Å². The van der Waals surface area contributed by atoms with Crippen molar-refractivity contribution < 1.29 is 13.2 Å². The van der Waals surface area contributed by atoms with E-state index in [1.54, 1.807) is 43.6 Å². The van der Waals surface area contributed by atoms with Gasteiger partial charge in [0.15, 0.2) is 0 Å². The van der Waals surface area contributed by atoms with E-state index < -0.39 is 11.7 Å². The van der Waals surface area contributed by atoms with Crippen LogP contribution in [-0.4, -0.2) is 28.7 Å². The van der Waals surface area contributed by atoms with Gasteiger partial charge in [-0.1, -0.05) is 41.9 Å². The van der Waals surface area contributed by atoms with Crippen LogP contribution in [0.5, 0.6) is 0 Å². The normalized spacial score (nSPS) is 12.0. The zero-order valence-electron chi connectivity index (χ0n) is 13.0. The number of rotatable bonds is 3. The lowest BCUT2D eigenvalue weighted by molar-refractivity contribution is -0.137. The van der Waals surface area contributed by atoms with Crippen LogP contribution >= 0.6 is 11.6 Å². The van der Waals surface area contributed by atoms with Gasteiger partial charge in [-0.3, -0.25) is 4.99 Å². The largest absolute Gasteiger partial charge is 0.417 e. The maximum atomic E-state index is 13.0. The number of hydrogen-bond donors (Lipinski definition) is 1. The van der Waals surface area contributed by atoms with Crippen molar-refractivity contribution in [2.75, 3.05) is 7.05 Å². The third-order valence-electron chi connectivity index (χ3n) is 3.59. The van der Waals surface area contributed by atoms with Crippen LogP contribution in [0.2, 0.25) is 5.02 Å². The highest BCUT2D eigenvalue weighted by molar-refractivity contribution is 6.31. The molecule has 0 aliphatic heterocycles. The Kier molecular flexibility index (Phi) is 4.59. The molecule has 0 atom stereocenters. The quantitative estimate of drug-likeness (QED) is 0.675. The van der Waals surface area contributed by atoms with Crippen molar-refractivity contribution in [3.05, 3.63) is 58.7 Å². The molecule has 0 radical (unpaired) electrons. The second-order valence-electron chi connectivity index (χ2n) is 5.21. The molecule has 2 aromatic carbocycles. The van der Waals surface area contributed by atoms with Crippen molar-refractivity contribution in [3.63, 3.8) is 0 Å². The summed E-state index contributed by atoms with van der Waals surface area (Å²) in [4.78, 5) is 3.90. The van der Waals surface area contributed by atoms with Crippen LogP contribution in [-0.2, 0) is 6.18 Å². The van der Waals surface area contributed by atoms with Gasteiger partial charge in [-0.2, -0.15) is 28.6 Å². The molecule has 3 aromatic rings. The number of aromatic amines is 1. The molecule has 4 nitrogen and oxygen atoms in total. The Morgan fingerprint density at radius 3 is 2.28 bits per heavy atom. The predicted octanol–water partition coefficient (Wildman–Crippen LogP) is 4.86. The summed E-state index contributed by atoms with van der Waals surface area (Å²) in [5.41, 5.74) is 2.19. The molecule has 0 unspecified atom stereocenters. The van der Waals surface area contributed by atoms with E-state index in [1.165, 1.54) is 6.07 Å². The fourth-order valence-electron chi connectivity index (χ4n) is 2.41. The molecule has 0 aliphatic rings. The Bertz CT molecular complexity index is 914. The van der Waals surface area contributed by atoms with E-state index in [-0.39, 0.29) is 5.02 Å². The number of nitrogens with one attached hydrogen (secondary N) is 1. The SMILES string of the molecule is CN=Cc1n[nH]nc1-c1ccc(-c2ccc(Cl)c(C(F)(F)F)c2)cc1. The lowest BCUT2D eigenvalue weighted by Gasteiger charge is -2.11. The highest BCUT2D eigenvalue weighted by Crippen LogP contribution is 2.37. The minimum absolute atomic E-state index is 0.320. The van der Waals surface area contributed by atoms with Gasteiger partial charge in [-0.25, -0.2) is 0 Å². The Balaban J connectivity index is 1.97. The van der Waals surface area contributed by atoms with Gasteiger partial charge in [0.25, 0.3) is 0 Å². The number of aliphatic imine (C=N–C) groups is 1. The number of H-pyrrole nitrogens is 1. The van der Waals surface area contributed by atoms with E-state index in [9.17, 15) is 13.2 Å². The third kappa shape index (κ3) is 3.56. The number of hydrogen-bond acceptors (Lipinski definition) is 3. The van der Waals surface area contributed by atoms with Crippen molar-refractivity contribution in [1.29, 1.82) is 0 Å². The van der Waals surface area contributed by atoms with Gasteiger partial charge in [-0.15, -0.1) is 0 Å². The Hall–Kier alpha value is -2.67. The van der Waals surface area contributed by atoms with E-state index in [4.69, 9.17) is 11.6 Å². The summed E-state index contributed by atoms with van der Waals surface area (Å²) >= 11 is 5.66. The van der Waals surface area contributed by atoms with Crippen molar-refractivity contribution in [1.82, 2.24) is 15.4 Å². The van der Waals surface area contributed by atoms with Gasteiger partial charge in [0.1, 0.15) is 11.4 Å². The average molecular weight is 365 g/mol. The molecule has 0 aliphatic carbocycles. The van der Waals surface area contributed by atoms with E-state index in [1.807, 2.05) is 0 Å². The molecule has 0 spiro atoms. The number of benzene rings is 2.